The van der Waals surface area contributed by atoms with Gasteiger partial charge in [0.15, 0.2) is 0 Å². The van der Waals surface area contributed by atoms with Crippen molar-refractivity contribution in [3.8, 4) is 0 Å². The van der Waals surface area contributed by atoms with Gasteiger partial charge in [-0.2, -0.15) is 0 Å². The Labute approximate surface area is 77.4 Å². The minimum atomic E-state index is -0.358. The molecule has 4 nitrogen and oxygen atoms in total. The average Bonchev–Trinajstić information content (AvgIpc) is 2.01. The highest BCUT2D eigenvalue weighted by Crippen LogP contribution is 2.03. The number of aromatic amines is 1. The second-order valence-electron chi connectivity index (χ2n) is 2.42. The Hall–Kier alpha value is -0.840. The standard InChI is InChI=1S/C7H9BrN2O2/c1-3-10-6(11)5(8)4(2)9-7(10)12/h3H2,1-2H3,(H,9,12). The van der Waals surface area contributed by atoms with Crippen LogP contribution in [0, 0.1) is 6.92 Å². The summed E-state index contributed by atoms with van der Waals surface area (Å²) in [4.78, 5) is 25.0. The highest BCUT2D eigenvalue weighted by molar-refractivity contribution is 9.10. The number of rotatable bonds is 1. The highest BCUT2D eigenvalue weighted by atomic mass is 79.9. The van der Waals surface area contributed by atoms with Crippen LogP contribution in [0.15, 0.2) is 14.1 Å². The Morgan fingerprint density at radius 2 is 2.08 bits per heavy atom. The summed E-state index contributed by atoms with van der Waals surface area (Å²) in [7, 11) is 0. The molecule has 1 N–H and O–H groups in total. The zero-order chi connectivity index (χ0) is 9.30. The first-order valence-corrected chi connectivity index (χ1v) is 4.36. The minimum Gasteiger partial charge on any atom is -0.310 e. The van der Waals surface area contributed by atoms with Gasteiger partial charge < -0.3 is 4.98 Å². The molecule has 0 unspecified atom stereocenters. The van der Waals surface area contributed by atoms with E-state index in [-0.39, 0.29) is 11.2 Å². The van der Waals surface area contributed by atoms with Gasteiger partial charge in [-0.15, -0.1) is 0 Å². The quantitative estimate of drug-likeness (QED) is 0.773. The molecule has 1 aromatic heterocycles. The van der Waals surface area contributed by atoms with E-state index >= 15 is 0 Å². The van der Waals surface area contributed by atoms with Crippen molar-refractivity contribution in [2.75, 3.05) is 0 Å². The van der Waals surface area contributed by atoms with Gasteiger partial charge in [0.1, 0.15) is 4.47 Å². The molecule has 0 amide bonds. The van der Waals surface area contributed by atoms with Gasteiger partial charge in [0.25, 0.3) is 5.56 Å². The number of aryl methyl sites for hydroxylation is 1. The number of H-pyrrole nitrogens is 1. The van der Waals surface area contributed by atoms with Gasteiger partial charge in [-0.3, -0.25) is 9.36 Å². The average molecular weight is 233 g/mol. The number of hydrogen-bond donors (Lipinski definition) is 1. The third-order valence-electron chi connectivity index (χ3n) is 1.62. The predicted octanol–water partition coefficient (Wildman–Crippen LogP) is 0.627. The summed E-state index contributed by atoms with van der Waals surface area (Å²) in [6.07, 6.45) is 0. The third kappa shape index (κ3) is 1.36. The summed E-state index contributed by atoms with van der Waals surface area (Å²) in [5.74, 6) is 0. The minimum absolute atomic E-state index is 0.279. The molecule has 1 heterocycles. The van der Waals surface area contributed by atoms with E-state index in [1.807, 2.05) is 0 Å². The SMILES string of the molecule is CCn1c(=O)[nH]c(C)c(Br)c1=O. The van der Waals surface area contributed by atoms with E-state index in [0.717, 1.165) is 4.57 Å². The van der Waals surface area contributed by atoms with E-state index in [1.165, 1.54) is 0 Å². The van der Waals surface area contributed by atoms with Crippen LogP contribution in [-0.2, 0) is 6.54 Å². The van der Waals surface area contributed by atoms with Crippen molar-refractivity contribution in [3.63, 3.8) is 0 Å². The molecule has 0 saturated heterocycles. The Morgan fingerprint density at radius 3 is 2.58 bits per heavy atom. The van der Waals surface area contributed by atoms with E-state index in [4.69, 9.17) is 0 Å². The van der Waals surface area contributed by atoms with Crippen molar-refractivity contribution < 1.29 is 0 Å². The largest absolute Gasteiger partial charge is 0.328 e. The lowest BCUT2D eigenvalue weighted by Crippen LogP contribution is -2.35. The summed E-state index contributed by atoms with van der Waals surface area (Å²) >= 11 is 3.10. The van der Waals surface area contributed by atoms with Crippen LogP contribution in [0.25, 0.3) is 0 Å². The first-order valence-electron chi connectivity index (χ1n) is 3.57. The lowest BCUT2D eigenvalue weighted by Gasteiger charge is -2.02. The first kappa shape index (κ1) is 9.25. The number of hydrogen-bond acceptors (Lipinski definition) is 2. The Bertz CT molecular complexity index is 405. The van der Waals surface area contributed by atoms with Crippen molar-refractivity contribution in [1.82, 2.24) is 9.55 Å². The molecule has 1 aromatic rings. The topological polar surface area (TPSA) is 54.9 Å². The Balaban J connectivity index is 3.64. The Kier molecular flexibility index (Phi) is 2.52. The monoisotopic (exact) mass is 232 g/mol. The van der Waals surface area contributed by atoms with Crippen LogP contribution in [-0.4, -0.2) is 9.55 Å². The molecule has 0 aromatic carbocycles. The molecule has 1 rings (SSSR count). The molecular formula is C7H9BrN2O2. The van der Waals surface area contributed by atoms with Crippen molar-refractivity contribution in [2.24, 2.45) is 0 Å². The van der Waals surface area contributed by atoms with Crippen molar-refractivity contribution in [2.45, 2.75) is 20.4 Å². The van der Waals surface area contributed by atoms with E-state index in [0.29, 0.717) is 16.7 Å². The summed E-state index contributed by atoms with van der Waals surface area (Å²) in [5, 5.41) is 0. The molecule has 0 bridgehead atoms. The van der Waals surface area contributed by atoms with Gasteiger partial charge in [-0.25, -0.2) is 4.79 Å². The molecule has 0 aliphatic rings. The van der Waals surface area contributed by atoms with Crippen LogP contribution < -0.4 is 11.2 Å². The van der Waals surface area contributed by atoms with Crippen molar-refractivity contribution in [1.29, 1.82) is 0 Å². The van der Waals surface area contributed by atoms with Crippen molar-refractivity contribution in [3.05, 3.63) is 31.0 Å². The van der Waals surface area contributed by atoms with Gasteiger partial charge in [0.2, 0.25) is 0 Å². The van der Waals surface area contributed by atoms with Crippen LogP contribution in [0.5, 0.6) is 0 Å². The third-order valence-corrected chi connectivity index (χ3v) is 2.55. The van der Waals surface area contributed by atoms with E-state index < -0.39 is 0 Å². The second-order valence-corrected chi connectivity index (χ2v) is 3.21. The lowest BCUT2D eigenvalue weighted by molar-refractivity contribution is 0.662. The molecule has 0 saturated carbocycles. The zero-order valence-electron chi connectivity index (χ0n) is 6.85. The van der Waals surface area contributed by atoms with Crippen LogP contribution >= 0.6 is 15.9 Å². The summed E-state index contributed by atoms with van der Waals surface area (Å²) in [6, 6.07) is 0. The maximum Gasteiger partial charge on any atom is 0.328 e. The normalized spacial score (nSPS) is 10.2. The molecule has 66 valence electrons. The van der Waals surface area contributed by atoms with E-state index in [9.17, 15) is 9.59 Å². The second kappa shape index (κ2) is 3.26. The molecule has 0 atom stereocenters. The molecule has 5 heteroatoms. The summed E-state index contributed by atoms with van der Waals surface area (Å²) in [5.41, 5.74) is -0.0725. The number of nitrogens with zero attached hydrogens (tertiary/aromatic N) is 1. The van der Waals surface area contributed by atoms with E-state index in [1.54, 1.807) is 13.8 Å². The van der Waals surface area contributed by atoms with Crippen molar-refractivity contribution >= 4 is 15.9 Å². The van der Waals surface area contributed by atoms with Gasteiger partial charge in [0, 0.05) is 12.2 Å². The zero-order valence-corrected chi connectivity index (χ0v) is 8.43. The maximum absolute atomic E-state index is 11.3. The molecule has 12 heavy (non-hydrogen) atoms. The fourth-order valence-electron chi connectivity index (χ4n) is 0.941. The molecule has 0 fully saturated rings. The first-order chi connectivity index (χ1) is 5.57. The number of aromatic nitrogens is 2. The molecule has 0 radical (unpaired) electrons. The smallest absolute Gasteiger partial charge is 0.310 e. The van der Waals surface area contributed by atoms with Crippen LogP contribution in [0.3, 0.4) is 0 Å². The Morgan fingerprint density at radius 1 is 1.50 bits per heavy atom. The predicted molar refractivity (Wildman–Crippen MR) is 49.4 cm³/mol. The highest BCUT2D eigenvalue weighted by Gasteiger charge is 2.05. The number of halogens is 1. The molecule has 0 spiro atoms. The van der Waals surface area contributed by atoms with Crippen LogP contribution in [0.4, 0.5) is 0 Å². The maximum atomic E-state index is 11.3. The van der Waals surface area contributed by atoms with Gasteiger partial charge in [-0.1, -0.05) is 0 Å². The van der Waals surface area contributed by atoms with Gasteiger partial charge >= 0.3 is 5.69 Å². The molecule has 0 aliphatic heterocycles. The van der Waals surface area contributed by atoms with Crippen LogP contribution in [0.2, 0.25) is 0 Å². The molecular weight excluding hydrogens is 224 g/mol. The van der Waals surface area contributed by atoms with Gasteiger partial charge in [-0.05, 0) is 29.8 Å². The fourth-order valence-corrected chi connectivity index (χ4v) is 1.25. The van der Waals surface area contributed by atoms with Gasteiger partial charge in [0.05, 0.1) is 0 Å². The summed E-state index contributed by atoms with van der Waals surface area (Å²) < 4.78 is 1.56. The van der Waals surface area contributed by atoms with Crippen LogP contribution in [0.1, 0.15) is 12.6 Å². The summed E-state index contributed by atoms with van der Waals surface area (Å²) in [6.45, 7) is 3.80. The lowest BCUT2D eigenvalue weighted by atomic mass is 10.4. The number of nitrogens with one attached hydrogen (secondary N) is 1. The van der Waals surface area contributed by atoms with E-state index in [2.05, 4.69) is 20.9 Å². The molecule has 0 aliphatic carbocycles. The fraction of sp³-hybridized carbons (Fsp3) is 0.429.